The minimum atomic E-state index is -0.559. The second-order valence-electron chi connectivity index (χ2n) is 7.60. The number of nitrogens with one attached hydrogen (secondary N) is 1. The number of carbonyl (C=O) groups is 2. The summed E-state index contributed by atoms with van der Waals surface area (Å²) in [5.74, 6) is -1.03. The number of amides is 2. The number of halogens is 1. The largest absolute Gasteiger partial charge is 0.322 e. The van der Waals surface area contributed by atoms with Crippen LogP contribution in [-0.4, -0.2) is 18.4 Å². The molecule has 4 nitrogen and oxygen atoms in total. The van der Waals surface area contributed by atoms with Gasteiger partial charge in [0.2, 0.25) is 5.91 Å². The van der Waals surface area contributed by atoms with E-state index in [1.54, 1.807) is 6.07 Å². The lowest BCUT2D eigenvalue weighted by atomic mass is 9.87. The Morgan fingerprint density at radius 3 is 2.35 bits per heavy atom. The second-order valence-corrected chi connectivity index (χ2v) is 7.60. The van der Waals surface area contributed by atoms with E-state index in [-0.39, 0.29) is 28.5 Å². The molecule has 0 unspecified atom stereocenters. The summed E-state index contributed by atoms with van der Waals surface area (Å²) in [5, 5.41) is 2.78. The molecule has 0 aromatic heterocycles. The van der Waals surface area contributed by atoms with Crippen molar-refractivity contribution in [2.45, 2.75) is 39.0 Å². The van der Waals surface area contributed by atoms with Crippen LogP contribution in [0.5, 0.6) is 0 Å². The third kappa shape index (κ3) is 3.77. The van der Waals surface area contributed by atoms with Crippen LogP contribution >= 0.6 is 0 Å². The van der Waals surface area contributed by atoms with Crippen molar-refractivity contribution >= 4 is 23.2 Å². The summed E-state index contributed by atoms with van der Waals surface area (Å²) in [7, 11) is 0. The molecule has 0 radical (unpaired) electrons. The molecule has 1 aliphatic heterocycles. The Balaban J connectivity index is 1.74. The predicted molar refractivity (Wildman–Crippen MR) is 101 cm³/mol. The van der Waals surface area contributed by atoms with Crippen molar-refractivity contribution in [3.05, 3.63) is 59.4 Å². The Morgan fingerprint density at radius 1 is 1.12 bits per heavy atom. The highest BCUT2D eigenvalue weighted by atomic mass is 19.1. The fraction of sp³-hybridized carbons (Fsp3) is 0.333. The van der Waals surface area contributed by atoms with Gasteiger partial charge in [-0.05, 0) is 47.7 Å². The standard InChI is InChI=1S/C21H23FN2O2/c1-21(2,3)15-7-9-16(10-8-15)23-20(26)14-6-11-18(17(22)13-14)24-12-4-5-19(24)25/h6-11,13H,4-5,12H2,1-3H3,(H,23,26). The van der Waals surface area contributed by atoms with Crippen LogP contribution in [0.1, 0.15) is 49.5 Å². The van der Waals surface area contributed by atoms with Gasteiger partial charge < -0.3 is 10.2 Å². The molecule has 0 spiro atoms. The molecule has 0 bridgehead atoms. The molecule has 2 aromatic rings. The third-order valence-corrected chi connectivity index (χ3v) is 4.58. The van der Waals surface area contributed by atoms with Crippen molar-refractivity contribution in [1.82, 2.24) is 0 Å². The number of rotatable bonds is 3. The zero-order valence-electron chi connectivity index (χ0n) is 15.3. The number of hydrogen-bond donors (Lipinski definition) is 1. The van der Waals surface area contributed by atoms with Crippen LogP contribution in [0, 0.1) is 5.82 Å². The average molecular weight is 354 g/mol. The highest BCUT2D eigenvalue weighted by Crippen LogP contribution is 2.26. The highest BCUT2D eigenvalue weighted by Gasteiger charge is 2.24. The zero-order valence-corrected chi connectivity index (χ0v) is 15.3. The molecule has 3 rings (SSSR count). The molecule has 1 heterocycles. The third-order valence-electron chi connectivity index (χ3n) is 4.58. The fourth-order valence-corrected chi connectivity index (χ4v) is 3.03. The van der Waals surface area contributed by atoms with Crippen LogP contribution in [0.15, 0.2) is 42.5 Å². The molecule has 1 aliphatic rings. The van der Waals surface area contributed by atoms with E-state index in [0.717, 1.165) is 6.42 Å². The maximum Gasteiger partial charge on any atom is 0.255 e. The lowest BCUT2D eigenvalue weighted by Gasteiger charge is -2.19. The zero-order chi connectivity index (χ0) is 18.9. The number of benzene rings is 2. The molecule has 5 heteroatoms. The van der Waals surface area contributed by atoms with Gasteiger partial charge >= 0.3 is 0 Å². The number of anilines is 2. The van der Waals surface area contributed by atoms with Gasteiger partial charge in [-0.2, -0.15) is 0 Å². The van der Waals surface area contributed by atoms with Crippen molar-refractivity contribution < 1.29 is 14.0 Å². The first kappa shape index (κ1) is 18.1. The van der Waals surface area contributed by atoms with Gasteiger partial charge in [-0.1, -0.05) is 32.9 Å². The normalized spacial score (nSPS) is 14.6. The van der Waals surface area contributed by atoms with Crippen molar-refractivity contribution in [3.63, 3.8) is 0 Å². The first-order chi connectivity index (χ1) is 12.3. The topological polar surface area (TPSA) is 49.4 Å². The first-order valence-electron chi connectivity index (χ1n) is 8.77. The Morgan fingerprint density at radius 2 is 1.81 bits per heavy atom. The van der Waals surface area contributed by atoms with Crippen LogP contribution in [0.4, 0.5) is 15.8 Å². The molecule has 1 saturated heterocycles. The van der Waals surface area contributed by atoms with Crippen molar-refractivity contribution in [1.29, 1.82) is 0 Å². The molecule has 0 aliphatic carbocycles. The summed E-state index contributed by atoms with van der Waals surface area (Å²) >= 11 is 0. The minimum absolute atomic E-state index is 0.0362. The Bertz CT molecular complexity index is 838. The smallest absolute Gasteiger partial charge is 0.255 e. The number of nitrogens with zero attached hydrogens (tertiary/aromatic N) is 1. The summed E-state index contributed by atoms with van der Waals surface area (Å²) in [6.45, 7) is 6.88. The number of carbonyl (C=O) groups excluding carboxylic acids is 2. The van der Waals surface area contributed by atoms with Crippen molar-refractivity contribution in [3.8, 4) is 0 Å². The van der Waals surface area contributed by atoms with Gasteiger partial charge in [0.1, 0.15) is 5.82 Å². The maximum atomic E-state index is 14.4. The Kier molecular flexibility index (Phi) is 4.81. The lowest BCUT2D eigenvalue weighted by molar-refractivity contribution is -0.117. The van der Waals surface area contributed by atoms with Crippen molar-refractivity contribution in [2.75, 3.05) is 16.8 Å². The van der Waals surface area contributed by atoms with Crippen LogP contribution < -0.4 is 10.2 Å². The van der Waals surface area contributed by atoms with E-state index in [9.17, 15) is 14.0 Å². The Hall–Kier alpha value is -2.69. The van der Waals surface area contributed by atoms with E-state index < -0.39 is 5.82 Å². The van der Waals surface area contributed by atoms with Crippen LogP contribution in [0.25, 0.3) is 0 Å². The molecule has 1 N–H and O–H groups in total. The summed E-state index contributed by atoms with van der Waals surface area (Å²) in [4.78, 5) is 25.6. The van der Waals surface area contributed by atoms with Gasteiger partial charge in [0.05, 0.1) is 5.69 Å². The van der Waals surface area contributed by atoms with Crippen molar-refractivity contribution in [2.24, 2.45) is 0 Å². The maximum absolute atomic E-state index is 14.4. The minimum Gasteiger partial charge on any atom is -0.322 e. The summed E-state index contributed by atoms with van der Waals surface area (Å²) in [6, 6.07) is 11.8. The monoisotopic (exact) mass is 354 g/mol. The lowest BCUT2D eigenvalue weighted by Crippen LogP contribution is -2.25. The number of hydrogen-bond acceptors (Lipinski definition) is 2. The molecule has 2 amide bonds. The second kappa shape index (κ2) is 6.90. The van der Waals surface area contributed by atoms with Crippen LogP contribution in [0.3, 0.4) is 0 Å². The molecule has 1 fully saturated rings. The molecular weight excluding hydrogens is 331 g/mol. The summed E-state index contributed by atoms with van der Waals surface area (Å²) in [6.07, 6.45) is 1.16. The van der Waals surface area contributed by atoms with Crippen LogP contribution in [0.2, 0.25) is 0 Å². The van der Waals surface area contributed by atoms with Gasteiger partial charge in [-0.3, -0.25) is 9.59 Å². The SMILES string of the molecule is CC(C)(C)c1ccc(NC(=O)c2ccc(N3CCCC3=O)c(F)c2)cc1. The average Bonchev–Trinajstić information content (AvgIpc) is 3.00. The van der Waals surface area contributed by atoms with E-state index in [1.807, 2.05) is 24.3 Å². The van der Waals surface area contributed by atoms with Gasteiger partial charge in [0, 0.05) is 24.2 Å². The van der Waals surface area contributed by atoms with Gasteiger partial charge in [-0.25, -0.2) is 4.39 Å². The van der Waals surface area contributed by atoms with E-state index in [2.05, 4.69) is 26.1 Å². The summed E-state index contributed by atoms with van der Waals surface area (Å²) < 4.78 is 14.4. The predicted octanol–water partition coefficient (Wildman–Crippen LogP) is 4.50. The molecule has 26 heavy (non-hydrogen) atoms. The Labute approximate surface area is 153 Å². The quantitative estimate of drug-likeness (QED) is 0.882. The molecule has 136 valence electrons. The van der Waals surface area contributed by atoms with Gasteiger partial charge in [0.15, 0.2) is 0 Å². The van der Waals surface area contributed by atoms with E-state index in [0.29, 0.717) is 18.7 Å². The van der Waals surface area contributed by atoms with Gasteiger partial charge in [0.25, 0.3) is 5.91 Å². The fourth-order valence-electron chi connectivity index (χ4n) is 3.03. The van der Waals surface area contributed by atoms with E-state index >= 15 is 0 Å². The molecule has 0 saturated carbocycles. The highest BCUT2D eigenvalue weighted by molar-refractivity contribution is 6.05. The van der Waals surface area contributed by atoms with Gasteiger partial charge in [-0.15, -0.1) is 0 Å². The molecular formula is C21H23FN2O2. The van der Waals surface area contributed by atoms with E-state index in [1.165, 1.54) is 22.6 Å². The van der Waals surface area contributed by atoms with E-state index in [4.69, 9.17) is 0 Å². The summed E-state index contributed by atoms with van der Waals surface area (Å²) in [5.41, 5.74) is 2.31. The van der Waals surface area contributed by atoms with Crippen LogP contribution in [-0.2, 0) is 10.2 Å². The molecule has 0 atom stereocenters. The molecule has 2 aromatic carbocycles. The first-order valence-corrected chi connectivity index (χ1v) is 8.77.